The van der Waals surface area contributed by atoms with Gasteiger partial charge in [0.05, 0.1) is 0 Å². The Bertz CT molecular complexity index is 695. The third kappa shape index (κ3) is 4.82. The largest absolute Gasteiger partial charge is 0.452 e. The Morgan fingerprint density at radius 3 is 2.86 bits per heavy atom. The first kappa shape index (κ1) is 15.9. The number of ether oxygens (including phenoxy) is 1. The van der Waals surface area contributed by atoms with Crippen LogP contribution >= 0.6 is 11.3 Å². The molecule has 0 saturated carbocycles. The zero-order chi connectivity index (χ0) is 15.9. The van der Waals surface area contributed by atoms with E-state index in [1.807, 2.05) is 17.5 Å². The molecule has 4 nitrogen and oxygen atoms in total. The Morgan fingerprint density at radius 2 is 2.18 bits per heavy atom. The maximum Gasteiger partial charge on any atom is 0.331 e. The molecule has 1 amide bonds. The van der Waals surface area contributed by atoms with Crippen molar-refractivity contribution < 1.29 is 18.7 Å². The lowest BCUT2D eigenvalue weighted by atomic mass is 10.2. The van der Waals surface area contributed by atoms with Crippen LogP contribution in [0.3, 0.4) is 0 Å². The molecule has 0 atom stereocenters. The number of amides is 1. The molecule has 0 bridgehead atoms. The molecule has 1 aromatic carbocycles. The van der Waals surface area contributed by atoms with Gasteiger partial charge in [-0.3, -0.25) is 4.79 Å². The molecule has 22 heavy (non-hydrogen) atoms. The average Bonchev–Trinajstić information content (AvgIpc) is 3.00. The van der Waals surface area contributed by atoms with E-state index in [9.17, 15) is 14.0 Å². The number of anilines is 1. The number of nitrogens with one attached hydrogen (secondary N) is 1. The van der Waals surface area contributed by atoms with Crippen molar-refractivity contribution in [1.82, 2.24) is 0 Å². The number of hydrogen-bond donors (Lipinski definition) is 1. The second kappa shape index (κ2) is 7.51. The Hall–Kier alpha value is -2.47. The molecule has 0 unspecified atom stereocenters. The molecule has 2 aromatic rings. The van der Waals surface area contributed by atoms with Gasteiger partial charge in [0.15, 0.2) is 6.61 Å². The Labute approximate surface area is 131 Å². The van der Waals surface area contributed by atoms with Crippen molar-refractivity contribution in [3.8, 4) is 0 Å². The summed E-state index contributed by atoms with van der Waals surface area (Å²) >= 11 is 1.48. The maximum absolute atomic E-state index is 13.3. The zero-order valence-corrected chi connectivity index (χ0v) is 12.7. The van der Waals surface area contributed by atoms with Crippen LogP contribution in [0.1, 0.15) is 10.4 Å². The standard InChI is InChI=1S/C16H14FNO3S/c1-11-4-5-12(9-14(11)17)18-15(19)10-21-16(20)7-6-13-3-2-8-22-13/h2-9H,10H2,1H3,(H,18,19)/b7-6+. The van der Waals surface area contributed by atoms with Gasteiger partial charge in [-0.05, 0) is 42.1 Å². The summed E-state index contributed by atoms with van der Waals surface area (Å²) in [5.74, 6) is -1.55. The molecule has 0 radical (unpaired) electrons. The van der Waals surface area contributed by atoms with Crippen molar-refractivity contribution in [3.05, 3.63) is 58.0 Å². The van der Waals surface area contributed by atoms with Gasteiger partial charge in [-0.2, -0.15) is 0 Å². The van der Waals surface area contributed by atoms with Crippen LogP contribution in [0.15, 0.2) is 41.8 Å². The number of halogens is 1. The summed E-state index contributed by atoms with van der Waals surface area (Å²) in [4.78, 5) is 24.0. The molecule has 0 aliphatic carbocycles. The molecule has 0 aliphatic rings. The highest BCUT2D eigenvalue weighted by molar-refractivity contribution is 7.10. The molecular formula is C16H14FNO3S. The summed E-state index contributed by atoms with van der Waals surface area (Å²) in [5, 5.41) is 4.34. The number of hydrogen-bond acceptors (Lipinski definition) is 4. The Morgan fingerprint density at radius 1 is 1.36 bits per heavy atom. The quantitative estimate of drug-likeness (QED) is 0.679. The molecule has 0 spiro atoms. The summed E-state index contributed by atoms with van der Waals surface area (Å²) in [6.45, 7) is 1.20. The van der Waals surface area contributed by atoms with E-state index in [2.05, 4.69) is 5.32 Å². The maximum atomic E-state index is 13.3. The molecular weight excluding hydrogens is 305 g/mol. The SMILES string of the molecule is Cc1ccc(NC(=O)COC(=O)/C=C/c2cccs2)cc1F. The fourth-order valence-electron chi connectivity index (χ4n) is 1.59. The highest BCUT2D eigenvalue weighted by atomic mass is 32.1. The van der Waals surface area contributed by atoms with Crippen molar-refractivity contribution in [2.45, 2.75) is 6.92 Å². The van der Waals surface area contributed by atoms with E-state index >= 15 is 0 Å². The van der Waals surface area contributed by atoms with Crippen LogP contribution in [0.25, 0.3) is 6.08 Å². The van der Waals surface area contributed by atoms with E-state index in [-0.39, 0.29) is 0 Å². The first-order valence-corrected chi connectivity index (χ1v) is 7.37. The summed E-state index contributed by atoms with van der Waals surface area (Å²) < 4.78 is 18.1. The number of carbonyl (C=O) groups excluding carboxylic acids is 2. The third-order valence-electron chi connectivity index (χ3n) is 2.73. The number of esters is 1. The molecule has 1 aromatic heterocycles. The van der Waals surface area contributed by atoms with Gasteiger partial charge in [-0.1, -0.05) is 12.1 Å². The van der Waals surface area contributed by atoms with Crippen LogP contribution in [0.2, 0.25) is 0 Å². The molecule has 0 aliphatic heterocycles. The van der Waals surface area contributed by atoms with Crippen LogP contribution in [-0.2, 0) is 14.3 Å². The first-order chi connectivity index (χ1) is 10.5. The van der Waals surface area contributed by atoms with Gasteiger partial charge in [0.1, 0.15) is 5.82 Å². The Balaban J connectivity index is 1.79. The van der Waals surface area contributed by atoms with Gasteiger partial charge >= 0.3 is 5.97 Å². The van der Waals surface area contributed by atoms with Crippen LogP contribution < -0.4 is 5.32 Å². The van der Waals surface area contributed by atoms with E-state index in [4.69, 9.17) is 4.74 Å². The van der Waals surface area contributed by atoms with Gasteiger partial charge < -0.3 is 10.1 Å². The molecule has 1 N–H and O–H groups in total. The predicted molar refractivity (Wildman–Crippen MR) is 84.1 cm³/mol. The second-order valence-corrected chi connectivity index (χ2v) is 5.45. The molecule has 2 rings (SSSR count). The number of rotatable bonds is 5. The summed E-state index contributed by atoms with van der Waals surface area (Å²) in [5.41, 5.74) is 0.807. The van der Waals surface area contributed by atoms with Gasteiger partial charge in [0, 0.05) is 16.6 Å². The van der Waals surface area contributed by atoms with E-state index in [1.165, 1.54) is 23.5 Å². The van der Waals surface area contributed by atoms with Crippen LogP contribution in [0.4, 0.5) is 10.1 Å². The minimum atomic E-state index is -0.612. The lowest BCUT2D eigenvalue weighted by Crippen LogP contribution is -2.20. The van der Waals surface area contributed by atoms with Crippen molar-refractivity contribution in [1.29, 1.82) is 0 Å². The van der Waals surface area contributed by atoms with Crippen molar-refractivity contribution >= 4 is 35.0 Å². The highest BCUT2D eigenvalue weighted by Gasteiger charge is 2.07. The number of carbonyl (C=O) groups is 2. The van der Waals surface area contributed by atoms with Gasteiger partial charge in [-0.25, -0.2) is 9.18 Å². The van der Waals surface area contributed by atoms with E-state index in [0.29, 0.717) is 11.3 Å². The van der Waals surface area contributed by atoms with Crippen LogP contribution in [0.5, 0.6) is 0 Å². The third-order valence-corrected chi connectivity index (χ3v) is 3.57. The minimum Gasteiger partial charge on any atom is -0.452 e. The Kier molecular flexibility index (Phi) is 5.43. The minimum absolute atomic E-state index is 0.318. The molecule has 1 heterocycles. The number of thiophene rings is 1. The highest BCUT2D eigenvalue weighted by Crippen LogP contribution is 2.13. The number of benzene rings is 1. The van der Waals surface area contributed by atoms with Crippen LogP contribution in [-0.4, -0.2) is 18.5 Å². The summed E-state index contributed by atoms with van der Waals surface area (Å²) in [7, 11) is 0. The summed E-state index contributed by atoms with van der Waals surface area (Å²) in [6, 6.07) is 8.07. The van der Waals surface area contributed by atoms with E-state index < -0.39 is 24.3 Å². The van der Waals surface area contributed by atoms with Crippen molar-refractivity contribution in [2.24, 2.45) is 0 Å². The van der Waals surface area contributed by atoms with Crippen LogP contribution in [0, 0.1) is 12.7 Å². The molecule has 0 saturated heterocycles. The fraction of sp³-hybridized carbons (Fsp3) is 0.125. The lowest BCUT2D eigenvalue weighted by molar-refractivity contribution is -0.142. The number of aryl methyl sites for hydroxylation is 1. The van der Waals surface area contributed by atoms with Gasteiger partial charge in [-0.15, -0.1) is 11.3 Å². The summed E-state index contributed by atoms with van der Waals surface area (Å²) in [6.07, 6.45) is 2.87. The van der Waals surface area contributed by atoms with Gasteiger partial charge in [0.25, 0.3) is 5.91 Å². The zero-order valence-electron chi connectivity index (χ0n) is 11.8. The monoisotopic (exact) mass is 319 g/mol. The topological polar surface area (TPSA) is 55.4 Å². The first-order valence-electron chi connectivity index (χ1n) is 6.49. The molecule has 6 heteroatoms. The molecule has 114 valence electrons. The smallest absolute Gasteiger partial charge is 0.331 e. The lowest BCUT2D eigenvalue weighted by Gasteiger charge is -2.06. The van der Waals surface area contributed by atoms with Crippen molar-refractivity contribution in [2.75, 3.05) is 11.9 Å². The second-order valence-electron chi connectivity index (χ2n) is 4.47. The van der Waals surface area contributed by atoms with Gasteiger partial charge in [0.2, 0.25) is 0 Å². The van der Waals surface area contributed by atoms with E-state index in [0.717, 1.165) is 4.88 Å². The normalized spacial score (nSPS) is 10.6. The molecule has 0 fully saturated rings. The predicted octanol–water partition coefficient (Wildman–Crippen LogP) is 3.39. The fourth-order valence-corrected chi connectivity index (χ4v) is 2.21. The van der Waals surface area contributed by atoms with E-state index in [1.54, 1.807) is 25.1 Å². The average molecular weight is 319 g/mol. The van der Waals surface area contributed by atoms with Crippen molar-refractivity contribution in [3.63, 3.8) is 0 Å².